The number of allylic oxidation sites excluding steroid dienone is 2. The average Bonchev–Trinajstić information content (AvgIpc) is 3.26. The highest BCUT2D eigenvalue weighted by molar-refractivity contribution is 6.35. The Morgan fingerprint density at radius 3 is 2.62 bits per heavy atom. The Bertz CT molecular complexity index is 1250. The molecule has 0 radical (unpaired) electrons. The van der Waals surface area contributed by atoms with Gasteiger partial charge in [0, 0.05) is 21.7 Å². The van der Waals surface area contributed by atoms with Crippen molar-refractivity contribution in [2.75, 3.05) is 10.6 Å². The van der Waals surface area contributed by atoms with Crippen LogP contribution in [0.3, 0.4) is 0 Å². The van der Waals surface area contributed by atoms with Crippen LogP contribution in [0.2, 0.25) is 10.0 Å². The summed E-state index contributed by atoms with van der Waals surface area (Å²) >= 11 is 12.7. The van der Waals surface area contributed by atoms with Gasteiger partial charge < -0.3 is 10.6 Å². The van der Waals surface area contributed by atoms with Crippen molar-refractivity contribution < 1.29 is 4.79 Å². The molecule has 0 bridgehead atoms. The van der Waals surface area contributed by atoms with Crippen molar-refractivity contribution in [2.24, 2.45) is 5.92 Å². The molecule has 3 aromatic carbocycles. The first kappa shape index (κ1) is 21.1. The van der Waals surface area contributed by atoms with Crippen LogP contribution in [0.15, 0.2) is 66.7 Å². The zero-order valence-corrected chi connectivity index (χ0v) is 19.5. The molecule has 2 N–H and O–H groups in total. The summed E-state index contributed by atoms with van der Waals surface area (Å²) in [5.41, 5.74) is 6.80. The number of hydrogen-bond acceptors (Lipinski definition) is 2. The van der Waals surface area contributed by atoms with Gasteiger partial charge in [0.2, 0.25) is 0 Å². The maximum atomic E-state index is 13.3. The molecule has 1 amide bonds. The van der Waals surface area contributed by atoms with Gasteiger partial charge in [0.15, 0.2) is 0 Å². The van der Waals surface area contributed by atoms with E-state index in [1.165, 1.54) is 5.56 Å². The number of hydrogen-bond donors (Lipinski definition) is 2. The Kier molecular flexibility index (Phi) is 5.48. The third-order valence-electron chi connectivity index (χ3n) is 6.70. The van der Waals surface area contributed by atoms with E-state index in [0.29, 0.717) is 21.5 Å². The second-order valence-electron chi connectivity index (χ2n) is 8.66. The quantitative estimate of drug-likeness (QED) is 0.391. The second kappa shape index (κ2) is 8.31. The van der Waals surface area contributed by atoms with E-state index in [9.17, 15) is 4.79 Å². The first-order chi connectivity index (χ1) is 15.4. The Labute approximate surface area is 198 Å². The number of benzene rings is 3. The lowest BCUT2D eigenvalue weighted by Gasteiger charge is -2.38. The van der Waals surface area contributed by atoms with Gasteiger partial charge in [-0.15, -0.1) is 0 Å². The summed E-state index contributed by atoms with van der Waals surface area (Å²) in [5, 5.41) is 8.00. The first-order valence-electron chi connectivity index (χ1n) is 10.8. The smallest absolute Gasteiger partial charge is 0.257 e. The maximum Gasteiger partial charge on any atom is 0.257 e. The molecular weight excluding hydrogens is 439 g/mol. The van der Waals surface area contributed by atoms with Gasteiger partial charge in [-0.25, -0.2) is 0 Å². The van der Waals surface area contributed by atoms with Gasteiger partial charge in [-0.2, -0.15) is 0 Å². The Morgan fingerprint density at radius 1 is 1.00 bits per heavy atom. The predicted octanol–water partition coefficient (Wildman–Crippen LogP) is 7.69. The van der Waals surface area contributed by atoms with Gasteiger partial charge >= 0.3 is 0 Å². The Morgan fingerprint density at radius 2 is 1.84 bits per heavy atom. The molecule has 162 valence electrons. The number of halogens is 2. The molecule has 1 heterocycles. The van der Waals surface area contributed by atoms with Crippen LogP contribution >= 0.6 is 23.2 Å². The molecule has 1 aliphatic carbocycles. The van der Waals surface area contributed by atoms with E-state index in [1.807, 2.05) is 49.4 Å². The lowest BCUT2D eigenvalue weighted by atomic mass is 9.76. The summed E-state index contributed by atoms with van der Waals surface area (Å²) in [7, 11) is 0. The SMILES string of the molecule is Cc1ccc(NC(=O)c2cccc3c2NC(c2ccc(Cl)cc2Cl)C2CC=CC32)cc1C. The molecule has 3 aromatic rings. The number of fused-ring (bicyclic) bond motifs is 3. The maximum absolute atomic E-state index is 13.3. The van der Waals surface area contributed by atoms with Crippen molar-refractivity contribution in [3.8, 4) is 0 Å². The molecule has 0 fully saturated rings. The number of anilines is 2. The number of nitrogens with one attached hydrogen (secondary N) is 2. The normalized spacial score (nSPS) is 20.9. The van der Waals surface area contributed by atoms with Crippen LogP contribution in [0.25, 0.3) is 0 Å². The van der Waals surface area contributed by atoms with Gasteiger partial charge in [0.1, 0.15) is 0 Å². The van der Waals surface area contributed by atoms with Gasteiger partial charge in [0.25, 0.3) is 5.91 Å². The van der Waals surface area contributed by atoms with E-state index < -0.39 is 0 Å². The number of rotatable bonds is 3. The van der Waals surface area contributed by atoms with Crippen LogP contribution in [-0.2, 0) is 0 Å². The van der Waals surface area contributed by atoms with Gasteiger partial charge in [-0.05, 0) is 78.8 Å². The molecule has 0 saturated heterocycles. The predicted molar refractivity (Wildman–Crippen MR) is 133 cm³/mol. The summed E-state index contributed by atoms with van der Waals surface area (Å²) in [6.45, 7) is 4.11. The zero-order chi connectivity index (χ0) is 22.4. The van der Waals surface area contributed by atoms with E-state index in [4.69, 9.17) is 23.2 Å². The number of aryl methyl sites for hydroxylation is 2. The summed E-state index contributed by atoms with van der Waals surface area (Å²) < 4.78 is 0. The average molecular weight is 463 g/mol. The van der Waals surface area contributed by atoms with Gasteiger partial charge in [-0.3, -0.25) is 4.79 Å². The third-order valence-corrected chi connectivity index (χ3v) is 7.27. The van der Waals surface area contributed by atoms with Crippen LogP contribution in [-0.4, -0.2) is 5.91 Å². The molecule has 0 saturated carbocycles. The fourth-order valence-corrected chi connectivity index (χ4v) is 5.42. The van der Waals surface area contributed by atoms with E-state index >= 15 is 0 Å². The monoisotopic (exact) mass is 462 g/mol. The summed E-state index contributed by atoms with van der Waals surface area (Å²) in [6, 6.07) is 17.6. The highest BCUT2D eigenvalue weighted by Crippen LogP contribution is 2.51. The minimum atomic E-state index is -0.126. The molecule has 0 aromatic heterocycles. The molecule has 5 rings (SSSR count). The molecule has 32 heavy (non-hydrogen) atoms. The lowest BCUT2D eigenvalue weighted by molar-refractivity contribution is 0.102. The van der Waals surface area contributed by atoms with E-state index in [1.54, 1.807) is 6.07 Å². The molecule has 0 spiro atoms. The van der Waals surface area contributed by atoms with E-state index in [-0.39, 0.29) is 17.9 Å². The minimum Gasteiger partial charge on any atom is -0.377 e. The lowest BCUT2D eigenvalue weighted by Crippen LogP contribution is -2.31. The van der Waals surface area contributed by atoms with Crippen molar-refractivity contribution in [3.63, 3.8) is 0 Å². The van der Waals surface area contributed by atoms with Crippen molar-refractivity contribution in [1.29, 1.82) is 0 Å². The van der Waals surface area contributed by atoms with E-state index in [2.05, 4.69) is 35.8 Å². The number of amides is 1. The fraction of sp³-hybridized carbons (Fsp3) is 0.222. The standard InChI is InChI=1S/C27H24Cl2N2O/c1-15-9-11-18(13-16(15)2)30-27(32)23-8-4-7-21-19-5-3-6-20(19)25(31-26(21)23)22-12-10-17(28)14-24(22)29/h3-5,7-14,19-20,25,31H,6H2,1-2H3,(H,30,32). The van der Waals surface area contributed by atoms with Gasteiger partial charge in [-0.1, -0.05) is 59.6 Å². The molecular formula is C27H24Cl2N2O. The molecule has 5 heteroatoms. The minimum absolute atomic E-state index is 0.0113. The van der Waals surface area contributed by atoms with Crippen LogP contribution in [0, 0.1) is 19.8 Å². The van der Waals surface area contributed by atoms with E-state index in [0.717, 1.165) is 34.5 Å². The van der Waals surface area contributed by atoms with Crippen LogP contribution in [0.5, 0.6) is 0 Å². The highest BCUT2D eigenvalue weighted by Gasteiger charge is 2.40. The summed E-state index contributed by atoms with van der Waals surface area (Å²) in [4.78, 5) is 13.3. The second-order valence-corrected chi connectivity index (χ2v) is 9.51. The molecule has 3 nitrogen and oxygen atoms in total. The molecule has 2 aliphatic rings. The van der Waals surface area contributed by atoms with Crippen molar-refractivity contribution in [1.82, 2.24) is 0 Å². The number of carbonyl (C=O) groups excluding carboxylic acids is 1. The van der Waals surface area contributed by atoms with Crippen LogP contribution in [0.1, 0.15) is 51.0 Å². The third kappa shape index (κ3) is 3.70. The first-order valence-corrected chi connectivity index (χ1v) is 11.6. The van der Waals surface area contributed by atoms with Crippen LogP contribution in [0.4, 0.5) is 11.4 Å². The van der Waals surface area contributed by atoms with Crippen LogP contribution < -0.4 is 10.6 Å². The molecule has 1 aliphatic heterocycles. The Balaban J connectivity index is 1.53. The highest BCUT2D eigenvalue weighted by atomic mass is 35.5. The van der Waals surface area contributed by atoms with Crippen molar-refractivity contribution in [3.05, 3.63) is 105 Å². The fourth-order valence-electron chi connectivity index (χ4n) is 4.89. The van der Waals surface area contributed by atoms with Crippen molar-refractivity contribution >= 4 is 40.5 Å². The molecule has 3 atom stereocenters. The molecule has 3 unspecified atom stereocenters. The summed E-state index contributed by atoms with van der Waals surface area (Å²) in [6.07, 6.45) is 5.44. The van der Waals surface area contributed by atoms with Gasteiger partial charge in [0.05, 0.1) is 17.3 Å². The Hall–Kier alpha value is -2.75. The topological polar surface area (TPSA) is 41.1 Å². The zero-order valence-electron chi connectivity index (χ0n) is 18.0. The summed E-state index contributed by atoms with van der Waals surface area (Å²) in [5.74, 6) is 0.440. The number of carbonyl (C=O) groups is 1. The largest absolute Gasteiger partial charge is 0.377 e. The number of para-hydroxylation sites is 1. The van der Waals surface area contributed by atoms with Crippen molar-refractivity contribution in [2.45, 2.75) is 32.2 Å².